The van der Waals surface area contributed by atoms with E-state index in [1.807, 2.05) is 0 Å². The predicted octanol–water partition coefficient (Wildman–Crippen LogP) is 2.06. The van der Waals surface area contributed by atoms with Crippen LogP contribution in [0.3, 0.4) is 0 Å². The molecule has 0 fully saturated rings. The van der Waals surface area contributed by atoms with Crippen molar-refractivity contribution in [2.75, 3.05) is 0 Å². The van der Waals surface area contributed by atoms with Crippen LogP contribution in [0.15, 0.2) is 29.2 Å². The molecule has 0 atom stereocenters. The van der Waals surface area contributed by atoms with Crippen molar-refractivity contribution in [1.29, 1.82) is 0 Å². The van der Waals surface area contributed by atoms with Crippen molar-refractivity contribution in [3.63, 3.8) is 0 Å². The van der Waals surface area contributed by atoms with Crippen molar-refractivity contribution in [1.82, 2.24) is 0 Å². The Morgan fingerprint density at radius 2 is 1.22 bits per heavy atom. The summed E-state index contributed by atoms with van der Waals surface area (Å²) >= 11 is 0. The maximum Gasteiger partial charge on any atom is 1.00 e. The van der Waals surface area contributed by atoms with E-state index in [4.69, 9.17) is 0 Å². The standard InChI is InChI=1S/C18H30O3S.Na/c1-2-3-4-5-6-7-8-9-10-11-12-17-13-15-18(16-14-17)22(19,20)21;/h13-16H,2-12H2,1H3,(H,19,20,21);/q;+1/p-1. The van der Waals surface area contributed by atoms with Crippen LogP contribution in [-0.2, 0) is 16.5 Å². The van der Waals surface area contributed by atoms with Crippen LogP contribution in [0, 0.1) is 0 Å². The molecule has 0 bridgehead atoms. The number of hydrogen-bond donors (Lipinski definition) is 0. The molecule has 0 aliphatic rings. The summed E-state index contributed by atoms with van der Waals surface area (Å²) in [6.45, 7) is 2.24. The van der Waals surface area contributed by atoms with Gasteiger partial charge in [0.25, 0.3) is 0 Å². The van der Waals surface area contributed by atoms with E-state index in [0.717, 1.165) is 18.4 Å². The van der Waals surface area contributed by atoms with Crippen molar-refractivity contribution in [2.45, 2.75) is 82.4 Å². The monoisotopic (exact) mass is 348 g/mol. The minimum absolute atomic E-state index is 0. The largest absolute Gasteiger partial charge is 1.00 e. The minimum atomic E-state index is -4.31. The topological polar surface area (TPSA) is 57.2 Å². The molecule has 1 aromatic carbocycles. The minimum Gasteiger partial charge on any atom is -0.744 e. The summed E-state index contributed by atoms with van der Waals surface area (Å²) in [5, 5.41) is 0. The normalized spacial score (nSPS) is 11.2. The fourth-order valence-electron chi connectivity index (χ4n) is 2.64. The third-order valence-electron chi connectivity index (χ3n) is 4.03. The maximum atomic E-state index is 10.8. The molecule has 3 nitrogen and oxygen atoms in total. The Bertz CT molecular complexity index is 498. The molecule has 1 rings (SSSR count). The van der Waals surface area contributed by atoms with Gasteiger partial charge in [0.1, 0.15) is 10.1 Å². The number of rotatable bonds is 12. The molecule has 0 saturated heterocycles. The van der Waals surface area contributed by atoms with Crippen LogP contribution in [0.1, 0.15) is 76.7 Å². The van der Waals surface area contributed by atoms with Crippen LogP contribution < -0.4 is 29.6 Å². The Kier molecular flexibility index (Phi) is 13.5. The van der Waals surface area contributed by atoms with Crippen molar-refractivity contribution in [3.05, 3.63) is 29.8 Å². The van der Waals surface area contributed by atoms with Crippen LogP contribution in [-0.4, -0.2) is 13.0 Å². The second kappa shape index (κ2) is 13.4. The van der Waals surface area contributed by atoms with E-state index in [1.165, 1.54) is 69.9 Å². The molecule has 126 valence electrons. The van der Waals surface area contributed by atoms with E-state index in [-0.39, 0.29) is 34.5 Å². The van der Waals surface area contributed by atoms with Gasteiger partial charge in [0.2, 0.25) is 0 Å². The first-order valence-electron chi connectivity index (χ1n) is 8.59. The average molecular weight is 348 g/mol. The van der Waals surface area contributed by atoms with E-state index >= 15 is 0 Å². The average Bonchev–Trinajstić information content (AvgIpc) is 2.49. The van der Waals surface area contributed by atoms with Crippen LogP contribution in [0.25, 0.3) is 0 Å². The van der Waals surface area contributed by atoms with Crippen molar-refractivity contribution in [2.24, 2.45) is 0 Å². The van der Waals surface area contributed by atoms with Crippen LogP contribution in [0.4, 0.5) is 0 Å². The quantitative estimate of drug-likeness (QED) is 0.330. The van der Waals surface area contributed by atoms with Crippen LogP contribution in [0.2, 0.25) is 0 Å². The summed E-state index contributed by atoms with van der Waals surface area (Å²) in [7, 11) is -4.31. The molecule has 0 aliphatic heterocycles. The Morgan fingerprint density at radius 1 is 0.783 bits per heavy atom. The fraction of sp³-hybridized carbons (Fsp3) is 0.667. The maximum absolute atomic E-state index is 10.8. The second-order valence-electron chi connectivity index (χ2n) is 6.03. The summed E-state index contributed by atoms with van der Waals surface area (Å²) in [5.41, 5.74) is 1.10. The van der Waals surface area contributed by atoms with E-state index in [1.54, 1.807) is 12.1 Å². The zero-order valence-corrected chi connectivity index (χ0v) is 17.5. The van der Waals surface area contributed by atoms with Gasteiger partial charge in [-0.15, -0.1) is 0 Å². The molecule has 0 saturated carbocycles. The zero-order chi connectivity index (χ0) is 16.3. The summed E-state index contributed by atoms with van der Waals surface area (Å²) in [6.07, 6.45) is 14.0. The third-order valence-corrected chi connectivity index (χ3v) is 4.88. The van der Waals surface area contributed by atoms with E-state index in [0.29, 0.717) is 0 Å². The predicted molar refractivity (Wildman–Crippen MR) is 90.0 cm³/mol. The Morgan fingerprint density at radius 3 is 1.65 bits per heavy atom. The van der Waals surface area contributed by atoms with Crippen LogP contribution >= 0.6 is 0 Å². The molecule has 0 amide bonds. The van der Waals surface area contributed by atoms with Crippen molar-refractivity contribution in [3.8, 4) is 0 Å². The van der Waals surface area contributed by atoms with E-state index in [9.17, 15) is 13.0 Å². The molecular weight excluding hydrogens is 319 g/mol. The molecule has 0 aromatic heterocycles. The summed E-state index contributed by atoms with van der Waals surface area (Å²) in [4.78, 5) is -0.140. The SMILES string of the molecule is CCCCCCCCCCCCc1ccc(S(=O)(=O)[O-])cc1.[Na+]. The molecule has 0 unspecified atom stereocenters. The number of aryl methyl sites for hydroxylation is 1. The second-order valence-corrected chi connectivity index (χ2v) is 7.41. The molecule has 0 radical (unpaired) electrons. The van der Waals surface area contributed by atoms with E-state index in [2.05, 4.69) is 6.92 Å². The smallest absolute Gasteiger partial charge is 0.744 e. The van der Waals surface area contributed by atoms with Gasteiger partial charge in [-0.3, -0.25) is 0 Å². The Hall–Kier alpha value is 0.130. The van der Waals surface area contributed by atoms with Crippen LogP contribution in [0.5, 0.6) is 0 Å². The Balaban J connectivity index is 0.00000484. The third kappa shape index (κ3) is 11.3. The van der Waals surface area contributed by atoms with Gasteiger partial charge in [0, 0.05) is 0 Å². The Labute approximate surface area is 164 Å². The molecular formula is C18H29NaO3S. The van der Waals surface area contributed by atoms with Crippen molar-refractivity contribution < 1.29 is 42.5 Å². The summed E-state index contributed by atoms with van der Waals surface area (Å²) in [6, 6.07) is 6.32. The number of unbranched alkanes of at least 4 members (excludes halogenated alkanes) is 9. The van der Waals surface area contributed by atoms with Gasteiger partial charge < -0.3 is 4.55 Å². The molecule has 0 aliphatic carbocycles. The van der Waals surface area contributed by atoms with Gasteiger partial charge in [-0.05, 0) is 30.5 Å². The van der Waals surface area contributed by atoms with Crippen molar-refractivity contribution >= 4 is 10.1 Å². The molecule has 5 heteroatoms. The van der Waals surface area contributed by atoms with Gasteiger partial charge in [-0.2, -0.15) is 0 Å². The van der Waals surface area contributed by atoms with Gasteiger partial charge in [0.05, 0.1) is 4.90 Å². The summed E-state index contributed by atoms with van der Waals surface area (Å²) in [5.74, 6) is 0. The molecule has 0 heterocycles. The molecule has 0 spiro atoms. The van der Waals surface area contributed by atoms with Gasteiger partial charge in [-0.25, -0.2) is 8.42 Å². The first-order valence-corrected chi connectivity index (χ1v) is 9.99. The molecule has 23 heavy (non-hydrogen) atoms. The molecule has 0 N–H and O–H groups in total. The fourth-order valence-corrected chi connectivity index (χ4v) is 3.11. The van der Waals surface area contributed by atoms with E-state index < -0.39 is 10.1 Å². The zero-order valence-electron chi connectivity index (χ0n) is 14.7. The van der Waals surface area contributed by atoms with Gasteiger partial charge in [-0.1, -0.05) is 76.8 Å². The van der Waals surface area contributed by atoms with Gasteiger partial charge in [0.15, 0.2) is 0 Å². The number of hydrogen-bond acceptors (Lipinski definition) is 3. The number of benzene rings is 1. The van der Waals surface area contributed by atoms with Gasteiger partial charge >= 0.3 is 29.6 Å². The molecule has 1 aromatic rings. The first-order chi connectivity index (χ1) is 10.5. The first kappa shape index (κ1) is 23.1. The summed E-state index contributed by atoms with van der Waals surface area (Å²) < 4.78 is 32.5.